The highest BCUT2D eigenvalue weighted by atomic mass is 31.3. The molecule has 1 saturated heterocycles. The number of aliphatic hydroxyl groups is 2. The Morgan fingerprint density at radius 2 is 1.71 bits per heavy atom. The maximum absolute atomic E-state index is 12.0. The fourth-order valence-electron chi connectivity index (χ4n) is 2.88. The third-order valence-electron chi connectivity index (χ3n) is 4.25. The minimum absolute atomic E-state index is 0.108. The summed E-state index contributed by atoms with van der Waals surface area (Å²) in [7, 11) is -16.4. The van der Waals surface area contributed by atoms with Crippen LogP contribution in [0, 0.1) is 0 Å². The molecule has 0 spiro atoms. The van der Waals surface area contributed by atoms with Gasteiger partial charge in [0.2, 0.25) is 5.95 Å². The van der Waals surface area contributed by atoms with E-state index in [0.717, 1.165) is 10.9 Å². The van der Waals surface area contributed by atoms with Gasteiger partial charge in [0.05, 0.1) is 19.5 Å². The lowest BCUT2D eigenvalue weighted by Crippen LogP contribution is -2.33. The van der Waals surface area contributed by atoms with Gasteiger partial charge in [-0.25, -0.2) is 18.7 Å². The van der Waals surface area contributed by atoms with Crippen molar-refractivity contribution < 1.29 is 61.0 Å². The van der Waals surface area contributed by atoms with E-state index in [9.17, 15) is 43.4 Å². The van der Waals surface area contributed by atoms with Crippen molar-refractivity contribution in [2.75, 3.05) is 25.5 Å². The van der Waals surface area contributed by atoms with E-state index in [-0.39, 0.29) is 23.7 Å². The molecule has 3 rings (SSSR count). The van der Waals surface area contributed by atoms with E-state index in [2.05, 4.69) is 32.6 Å². The molecule has 2 aromatic heterocycles. The summed E-state index contributed by atoms with van der Waals surface area (Å²) < 4.78 is 58.2. The molecule has 7 atom stereocenters. The maximum atomic E-state index is 12.0. The summed E-state index contributed by atoms with van der Waals surface area (Å²) in [6, 6.07) is 0. The zero-order valence-corrected chi connectivity index (χ0v) is 19.9. The summed E-state index contributed by atoms with van der Waals surface area (Å²) >= 11 is 0. The van der Waals surface area contributed by atoms with E-state index >= 15 is 0 Å². The molecule has 20 nitrogen and oxygen atoms in total. The summed E-state index contributed by atoms with van der Waals surface area (Å²) in [4.78, 5) is 50.2. The van der Waals surface area contributed by atoms with Gasteiger partial charge >= 0.3 is 23.5 Å². The van der Waals surface area contributed by atoms with Crippen LogP contribution in [-0.2, 0) is 36.1 Å². The molecule has 1 fully saturated rings. The lowest BCUT2D eigenvalue weighted by molar-refractivity contribution is -0.0503. The molecule has 0 radical (unpaired) electrons. The van der Waals surface area contributed by atoms with E-state index in [1.54, 1.807) is 0 Å². The fraction of sp³-hybridized carbons (Fsp3) is 0.583. The number of nitrogens with one attached hydrogen (secondary N) is 1. The van der Waals surface area contributed by atoms with Crippen molar-refractivity contribution in [2.24, 2.45) is 5.73 Å². The third-order valence-corrected chi connectivity index (χ3v) is 8.53. The summed E-state index contributed by atoms with van der Waals surface area (Å²) in [6.07, 6.45) is -5.30. The van der Waals surface area contributed by atoms with E-state index in [0.29, 0.717) is 0 Å². The monoisotopic (exact) mass is 566 g/mol. The minimum atomic E-state index is -5.69. The van der Waals surface area contributed by atoms with E-state index in [4.69, 9.17) is 16.2 Å². The predicted octanol–water partition coefficient (Wildman–Crippen LogP) is -2.35. The highest BCUT2D eigenvalue weighted by molar-refractivity contribution is 7.66. The molecule has 0 amide bonds. The molecule has 0 aliphatic carbocycles. The van der Waals surface area contributed by atoms with Crippen molar-refractivity contribution in [1.82, 2.24) is 19.5 Å². The summed E-state index contributed by atoms with van der Waals surface area (Å²) in [5.41, 5.74) is 9.59. The van der Waals surface area contributed by atoms with Crippen LogP contribution >= 0.6 is 23.5 Å². The number of ether oxygens (including phenoxy) is 1. The van der Waals surface area contributed by atoms with Gasteiger partial charge < -0.3 is 41.1 Å². The average Bonchev–Trinajstić information content (AvgIpc) is 3.25. The number of nitrogens with zero attached hydrogens (tertiary/aromatic N) is 3. The molecular weight excluding hydrogens is 545 g/mol. The molecule has 198 valence electrons. The fourth-order valence-corrected chi connectivity index (χ4v) is 6.41. The van der Waals surface area contributed by atoms with Gasteiger partial charge in [-0.15, -0.1) is 0 Å². The second-order valence-electron chi connectivity index (χ2n) is 6.81. The third kappa shape index (κ3) is 6.79. The zero-order chi connectivity index (χ0) is 26.2. The predicted molar refractivity (Wildman–Crippen MR) is 111 cm³/mol. The van der Waals surface area contributed by atoms with Crippen LogP contribution in [0.25, 0.3) is 11.2 Å². The number of phosphoric ester groups is 2. The number of aliphatic hydroxyl groups excluding tert-OH is 2. The Bertz CT molecular complexity index is 1270. The number of aromatic amines is 1. The Morgan fingerprint density at radius 1 is 1.09 bits per heavy atom. The van der Waals surface area contributed by atoms with Crippen LogP contribution in [0.3, 0.4) is 0 Å². The highest BCUT2D eigenvalue weighted by Gasteiger charge is 2.47. The zero-order valence-electron chi connectivity index (χ0n) is 17.3. The molecule has 23 heteroatoms. The number of H-pyrrole nitrogens is 1. The van der Waals surface area contributed by atoms with Crippen LogP contribution in [-0.4, -0.2) is 82.5 Å². The van der Waals surface area contributed by atoms with Crippen molar-refractivity contribution in [1.29, 1.82) is 0 Å². The molecular formula is C12H21N6O14P3. The van der Waals surface area contributed by atoms with Gasteiger partial charge in [0.15, 0.2) is 17.4 Å². The first kappa shape index (κ1) is 28.0. The summed E-state index contributed by atoms with van der Waals surface area (Å²) in [5.74, 6) is -0.271. The lowest BCUT2D eigenvalue weighted by Gasteiger charge is -2.20. The Balaban J connectivity index is 1.67. The number of anilines is 1. The van der Waals surface area contributed by atoms with Crippen molar-refractivity contribution in [3.05, 3.63) is 16.7 Å². The quantitative estimate of drug-likeness (QED) is 0.132. The molecule has 0 saturated carbocycles. The summed E-state index contributed by atoms with van der Waals surface area (Å²) in [5, 5.41) is 20.6. The second-order valence-corrected chi connectivity index (χ2v) is 11.4. The van der Waals surface area contributed by atoms with E-state index in [1.165, 1.54) is 0 Å². The molecule has 10 N–H and O–H groups in total. The Hall–Kier alpha value is -1.60. The maximum Gasteiger partial charge on any atom is 0.490 e. The van der Waals surface area contributed by atoms with Gasteiger partial charge in [-0.2, -0.15) is 13.6 Å². The molecule has 1 aliphatic rings. The number of aromatic nitrogens is 4. The van der Waals surface area contributed by atoms with Gasteiger partial charge in [-0.3, -0.25) is 23.4 Å². The van der Waals surface area contributed by atoms with Crippen LogP contribution < -0.4 is 17.0 Å². The first-order chi connectivity index (χ1) is 16.1. The van der Waals surface area contributed by atoms with Crippen molar-refractivity contribution >= 4 is 40.6 Å². The number of rotatable bonds is 11. The normalized spacial score (nSPS) is 27.9. The topological polar surface area (TPSA) is 314 Å². The molecule has 35 heavy (non-hydrogen) atoms. The number of hydrogen-bond donors (Lipinski definition) is 8. The minimum Gasteiger partial charge on any atom is -0.387 e. The molecule has 3 heterocycles. The number of imidazole rings is 1. The second kappa shape index (κ2) is 10.4. The van der Waals surface area contributed by atoms with Gasteiger partial charge in [-0.05, 0) is 0 Å². The van der Waals surface area contributed by atoms with Gasteiger partial charge in [-0.1, -0.05) is 0 Å². The standard InChI is InChI=1S/C12H21N6O14P3/c13-1-2-28-33(22,23)31-35(26,27)32-34(24,25)29-3-5-7(19)8(20)11(30-5)18-4-15-6-9(18)16-12(14)17-10(6)21/h4-5,7-8,11,19-20H,1-3,13H2,(H,22,23)(H,24,25)(H,26,27)(H3,14,16,17,21)/t5-,7?,8+,11-/m1/s1. The van der Waals surface area contributed by atoms with E-state index < -0.39 is 66.8 Å². The van der Waals surface area contributed by atoms with Crippen molar-refractivity contribution in [2.45, 2.75) is 24.5 Å². The van der Waals surface area contributed by atoms with Crippen LogP contribution in [0.5, 0.6) is 0 Å². The molecule has 1 aliphatic heterocycles. The van der Waals surface area contributed by atoms with Crippen molar-refractivity contribution in [3.8, 4) is 0 Å². The van der Waals surface area contributed by atoms with E-state index in [1.807, 2.05) is 0 Å². The largest absolute Gasteiger partial charge is 0.490 e. The number of fused-ring (bicyclic) bond motifs is 1. The Kier molecular flexibility index (Phi) is 8.32. The molecule has 0 bridgehead atoms. The van der Waals surface area contributed by atoms with Gasteiger partial charge in [0, 0.05) is 6.54 Å². The molecule has 0 aromatic carbocycles. The smallest absolute Gasteiger partial charge is 0.387 e. The first-order valence-electron chi connectivity index (χ1n) is 9.29. The Morgan fingerprint density at radius 3 is 2.34 bits per heavy atom. The summed E-state index contributed by atoms with van der Waals surface area (Å²) in [6.45, 7) is -1.80. The van der Waals surface area contributed by atoms with Crippen LogP contribution in [0.15, 0.2) is 11.1 Å². The highest BCUT2D eigenvalue weighted by Crippen LogP contribution is 2.67. The lowest BCUT2D eigenvalue weighted by atomic mass is 10.1. The number of hydrogen-bond acceptors (Lipinski definition) is 15. The Labute approximate surface area is 194 Å². The van der Waals surface area contributed by atoms with Gasteiger partial charge in [0.25, 0.3) is 5.56 Å². The molecule has 4 unspecified atom stereocenters. The number of nitrogen functional groups attached to an aromatic ring is 1. The number of phosphoric acid groups is 3. The average molecular weight is 566 g/mol. The van der Waals surface area contributed by atoms with Crippen LogP contribution in [0.4, 0.5) is 5.95 Å². The number of nitrogens with two attached hydrogens (primary N) is 2. The van der Waals surface area contributed by atoms with Crippen molar-refractivity contribution in [3.63, 3.8) is 0 Å². The van der Waals surface area contributed by atoms with Crippen LogP contribution in [0.2, 0.25) is 0 Å². The SMILES string of the molecule is NCCOP(=O)(O)OP(=O)(O)OP(=O)(O)OC[C@H]1O[C@@H](n2cnc3c(=O)[nH]c(N)nc32)[C@@H](O)C1O. The first-order valence-corrected chi connectivity index (χ1v) is 13.8. The van der Waals surface area contributed by atoms with Crippen LogP contribution in [0.1, 0.15) is 6.23 Å². The molecule has 2 aromatic rings. The van der Waals surface area contributed by atoms with Gasteiger partial charge in [0.1, 0.15) is 18.3 Å².